The van der Waals surface area contributed by atoms with Crippen molar-refractivity contribution >= 4 is 5.78 Å². The van der Waals surface area contributed by atoms with E-state index in [0.717, 1.165) is 17.7 Å². The second-order valence-corrected chi connectivity index (χ2v) is 5.27. The number of Topliss-reactive ketones (excluding diaryl/α,β-unsaturated/α-hetero) is 1. The Balaban J connectivity index is 0.00000144. The molecule has 0 N–H and O–H groups in total. The average Bonchev–Trinajstić information content (AvgIpc) is 2.58. The molecule has 0 aliphatic heterocycles. The van der Waals surface area contributed by atoms with Gasteiger partial charge >= 0.3 is 0 Å². The van der Waals surface area contributed by atoms with E-state index in [1.54, 1.807) is 0 Å². The van der Waals surface area contributed by atoms with Crippen LogP contribution < -0.4 is 21.5 Å². The van der Waals surface area contributed by atoms with Crippen LogP contribution in [0.1, 0.15) is 29.0 Å². The van der Waals surface area contributed by atoms with Gasteiger partial charge in [0.15, 0.2) is 11.9 Å². The molecule has 2 aromatic carbocycles. The molecule has 2 nitrogen and oxygen atoms in total. The van der Waals surface area contributed by atoms with E-state index in [-0.39, 0.29) is 30.2 Å². The molecule has 0 unspecified atom stereocenters. The number of pyridine rings is 1. The number of rotatable bonds is 5. The van der Waals surface area contributed by atoms with Gasteiger partial charge in [-0.1, -0.05) is 74.2 Å². The van der Waals surface area contributed by atoms with Gasteiger partial charge in [-0.25, -0.2) is 0 Å². The Morgan fingerprint density at radius 1 is 0.792 bits per heavy atom. The van der Waals surface area contributed by atoms with Crippen molar-refractivity contribution in [3.8, 4) is 0 Å². The van der Waals surface area contributed by atoms with Gasteiger partial charge < -0.3 is 17.0 Å². The Hall–Kier alpha value is -2.26. The molecular weight excluding hydrogens is 362 g/mol. The number of hydrogen-bond donors (Lipinski definition) is 0. The molecule has 1 aromatic heterocycles. The Morgan fingerprint density at radius 3 is 2.04 bits per heavy atom. The number of carbonyl (C=O) groups is 1. The molecule has 0 spiro atoms. The molecule has 0 aliphatic rings. The Labute approximate surface area is 154 Å². The normalized spacial score (nSPS) is 9.50. The minimum absolute atomic E-state index is 0. The third-order valence-corrected chi connectivity index (χ3v) is 3.67. The van der Waals surface area contributed by atoms with Crippen molar-refractivity contribution in [2.45, 2.75) is 20.4 Å². The summed E-state index contributed by atoms with van der Waals surface area (Å²) < 4.78 is 2.03. The van der Waals surface area contributed by atoms with E-state index in [9.17, 15) is 4.79 Å². The van der Waals surface area contributed by atoms with Gasteiger partial charge in [-0.15, -0.1) is 0 Å². The van der Waals surface area contributed by atoms with Crippen LogP contribution in [0, 0.1) is 0 Å². The monoisotopic (exact) mass is 383 g/mol. The van der Waals surface area contributed by atoms with Gasteiger partial charge in [0.2, 0.25) is 12.3 Å². The summed E-state index contributed by atoms with van der Waals surface area (Å²) in [5.41, 5.74) is 3.14. The fourth-order valence-electron chi connectivity index (χ4n) is 2.50. The molecule has 3 heteroatoms. The van der Waals surface area contributed by atoms with E-state index in [4.69, 9.17) is 0 Å². The summed E-state index contributed by atoms with van der Waals surface area (Å²) in [6.07, 6.45) is 2.79. The van der Waals surface area contributed by atoms with E-state index >= 15 is 0 Å². The zero-order valence-electron chi connectivity index (χ0n) is 12.7. The zero-order chi connectivity index (χ0) is 15.2. The second kappa shape index (κ2) is 9.78. The third-order valence-electron chi connectivity index (χ3n) is 3.67. The van der Waals surface area contributed by atoms with Gasteiger partial charge in [0, 0.05) is 17.7 Å². The van der Waals surface area contributed by atoms with Gasteiger partial charge in [0.1, 0.15) is 0 Å². The molecule has 0 bridgehead atoms. The maximum Gasteiger partial charge on any atom is 0.227 e. The lowest BCUT2D eigenvalue weighted by Crippen LogP contribution is -3.00. The van der Waals surface area contributed by atoms with Crippen molar-refractivity contribution in [1.29, 1.82) is 0 Å². The predicted molar refractivity (Wildman–Crippen MR) is 93.4 cm³/mol. The third kappa shape index (κ3) is 5.14. The summed E-state index contributed by atoms with van der Waals surface area (Å²) in [5, 5.41) is 0. The topological polar surface area (TPSA) is 20.9 Å². The standard InChI is InChI=1S/C20H18NO.CH4.BrH/c22-20(18-11-5-2-6-12-18)16-21-14-8-7-13-19(21)15-17-9-3-1-4-10-17;;/h1-14H,15-16H2;1H4;1H/q+1;;/p-1. The summed E-state index contributed by atoms with van der Waals surface area (Å²) in [5.74, 6) is 0.131. The van der Waals surface area contributed by atoms with Crippen molar-refractivity contribution < 1.29 is 26.3 Å². The number of halogens is 1. The average molecular weight is 384 g/mol. The van der Waals surface area contributed by atoms with Gasteiger partial charge in [0.05, 0.1) is 6.42 Å². The number of ketones is 1. The highest BCUT2D eigenvalue weighted by molar-refractivity contribution is 5.94. The van der Waals surface area contributed by atoms with Crippen LogP contribution in [0.2, 0.25) is 0 Å². The number of carbonyl (C=O) groups excluding carboxylic acids is 1. The van der Waals surface area contributed by atoms with E-state index in [2.05, 4.69) is 18.2 Å². The van der Waals surface area contributed by atoms with Crippen molar-refractivity contribution in [2.75, 3.05) is 0 Å². The quantitative estimate of drug-likeness (QED) is 0.477. The van der Waals surface area contributed by atoms with Crippen LogP contribution in [0.15, 0.2) is 85.1 Å². The molecule has 0 amide bonds. The molecule has 0 aliphatic carbocycles. The van der Waals surface area contributed by atoms with Gasteiger partial charge in [-0.2, -0.15) is 4.57 Å². The van der Waals surface area contributed by atoms with Crippen LogP contribution in [0.25, 0.3) is 0 Å². The van der Waals surface area contributed by atoms with Crippen LogP contribution in [0.4, 0.5) is 0 Å². The van der Waals surface area contributed by atoms with Crippen LogP contribution in [-0.4, -0.2) is 5.78 Å². The van der Waals surface area contributed by atoms with Crippen LogP contribution in [0.3, 0.4) is 0 Å². The molecule has 1 heterocycles. The lowest BCUT2D eigenvalue weighted by Gasteiger charge is -2.04. The highest BCUT2D eigenvalue weighted by atomic mass is 79.9. The molecule has 0 radical (unpaired) electrons. The first kappa shape index (κ1) is 19.8. The summed E-state index contributed by atoms with van der Waals surface area (Å²) in [4.78, 5) is 12.4. The molecule has 3 rings (SSSR count). The first-order valence-electron chi connectivity index (χ1n) is 7.42. The summed E-state index contributed by atoms with van der Waals surface area (Å²) in [7, 11) is 0. The number of nitrogens with zero attached hydrogens (tertiary/aromatic N) is 1. The highest BCUT2D eigenvalue weighted by Gasteiger charge is 2.16. The molecule has 0 saturated carbocycles. The van der Waals surface area contributed by atoms with Crippen molar-refractivity contribution in [1.82, 2.24) is 0 Å². The van der Waals surface area contributed by atoms with E-state index in [1.807, 2.05) is 71.4 Å². The van der Waals surface area contributed by atoms with Gasteiger partial charge in [0.25, 0.3) is 0 Å². The number of benzene rings is 2. The highest BCUT2D eigenvalue weighted by Crippen LogP contribution is 2.06. The predicted octanol–water partition coefficient (Wildman–Crippen LogP) is 1.09. The first-order chi connectivity index (χ1) is 10.8. The maximum atomic E-state index is 12.4. The minimum Gasteiger partial charge on any atom is -1.00 e. The molecule has 24 heavy (non-hydrogen) atoms. The Bertz CT molecular complexity index is 757. The zero-order valence-corrected chi connectivity index (χ0v) is 14.3. The Morgan fingerprint density at radius 2 is 1.38 bits per heavy atom. The fraction of sp³-hybridized carbons (Fsp3) is 0.143. The van der Waals surface area contributed by atoms with Gasteiger partial charge in [-0.3, -0.25) is 4.79 Å². The fourth-order valence-corrected chi connectivity index (χ4v) is 2.50. The second-order valence-electron chi connectivity index (χ2n) is 5.27. The maximum absolute atomic E-state index is 12.4. The Kier molecular flexibility index (Phi) is 8.07. The smallest absolute Gasteiger partial charge is 0.227 e. The first-order valence-corrected chi connectivity index (χ1v) is 7.42. The molecule has 124 valence electrons. The molecule has 3 aromatic rings. The van der Waals surface area contributed by atoms with Crippen molar-refractivity contribution in [3.63, 3.8) is 0 Å². The van der Waals surface area contributed by atoms with Crippen LogP contribution in [0.5, 0.6) is 0 Å². The minimum atomic E-state index is 0. The largest absolute Gasteiger partial charge is 1.00 e. The summed E-state index contributed by atoms with van der Waals surface area (Å²) >= 11 is 0. The van der Waals surface area contributed by atoms with E-state index in [0.29, 0.717) is 6.54 Å². The van der Waals surface area contributed by atoms with Crippen LogP contribution in [-0.2, 0) is 13.0 Å². The molecule has 0 atom stereocenters. The van der Waals surface area contributed by atoms with E-state index in [1.165, 1.54) is 5.56 Å². The number of aromatic nitrogens is 1. The van der Waals surface area contributed by atoms with E-state index < -0.39 is 0 Å². The summed E-state index contributed by atoms with van der Waals surface area (Å²) in [6.45, 7) is 0.368. The van der Waals surface area contributed by atoms with Crippen molar-refractivity contribution in [3.05, 3.63) is 102 Å². The van der Waals surface area contributed by atoms with Crippen LogP contribution >= 0.6 is 0 Å². The summed E-state index contributed by atoms with van der Waals surface area (Å²) in [6, 6.07) is 25.8. The SMILES string of the molecule is C.O=C(C[n+]1ccccc1Cc1ccccc1)c1ccccc1.[Br-]. The lowest BCUT2D eigenvalue weighted by atomic mass is 10.1. The van der Waals surface area contributed by atoms with Crippen molar-refractivity contribution in [2.24, 2.45) is 0 Å². The number of hydrogen-bond acceptors (Lipinski definition) is 1. The molecular formula is C21H22BrNO. The lowest BCUT2D eigenvalue weighted by molar-refractivity contribution is -0.690. The van der Waals surface area contributed by atoms with Gasteiger partial charge in [-0.05, 0) is 5.56 Å². The molecule has 0 saturated heterocycles. The molecule has 0 fully saturated rings.